The zero-order chi connectivity index (χ0) is 10.6. The quantitative estimate of drug-likeness (QED) is 0.757. The molecule has 0 bridgehead atoms. The first kappa shape index (κ1) is 10.9. The second-order valence-electron chi connectivity index (χ2n) is 2.75. The second-order valence-corrected chi connectivity index (χ2v) is 2.75. The van der Waals surface area contributed by atoms with Crippen molar-refractivity contribution in [2.45, 2.75) is 5.92 Å². The topological polar surface area (TPSA) is 44.5 Å². The molecular formula is C9H11F2NO2. The van der Waals surface area contributed by atoms with Crippen LogP contribution in [-0.4, -0.2) is 13.7 Å². The Kier molecular flexibility index (Phi) is 3.38. The smallest absolute Gasteiger partial charge is 0.298 e. The van der Waals surface area contributed by atoms with E-state index < -0.39 is 12.5 Å². The highest BCUT2D eigenvalue weighted by molar-refractivity contribution is 5.31. The Morgan fingerprint density at radius 1 is 1.43 bits per heavy atom. The van der Waals surface area contributed by atoms with Gasteiger partial charge in [0.2, 0.25) is 0 Å². The molecule has 1 rings (SSSR count). The number of hydrogen-bond acceptors (Lipinski definition) is 3. The Morgan fingerprint density at radius 2 is 2.14 bits per heavy atom. The normalized spacial score (nSPS) is 11.4. The van der Waals surface area contributed by atoms with Gasteiger partial charge in [-0.05, 0) is 12.1 Å². The fourth-order valence-corrected chi connectivity index (χ4v) is 1.04. The molecule has 0 saturated carbocycles. The maximum atomic E-state index is 13.2. The largest absolute Gasteiger partial charge is 0.497 e. The molecular weight excluding hydrogens is 192 g/mol. The Labute approximate surface area is 80.4 Å². The van der Waals surface area contributed by atoms with Crippen LogP contribution in [0.5, 0.6) is 5.75 Å². The van der Waals surface area contributed by atoms with E-state index in [0.29, 0.717) is 5.75 Å². The third kappa shape index (κ3) is 2.40. The van der Waals surface area contributed by atoms with Gasteiger partial charge in [0.1, 0.15) is 12.4 Å². The highest BCUT2D eigenvalue weighted by Gasteiger charge is 2.32. The molecule has 0 unspecified atom stereocenters. The maximum Gasteiger partial charge on any atom is 0.298 e. The summed E-state index contributed by atoms with van der Waals surface area (Å²) in [6, 6.07) is 5.61. The summed E-state index contributed by atoms with van der Waals surface area (Å²) in [4.78, 5) is 3.94. The summed E-state index contributed by atoms with van der Waals surface area (Å²) in [6.07, 6.45) is 0. The van der Waals surface area contributed by atoms with Crippen LogP contribution in [0.1, 0.15) is 5.56 Å². The van der Waals surface area contributed by atoms with E-state index in [-0.39, 0.29) is 5.56 Å². The van der Waals surface area contributed by atoms with Gasteiger partial charge in [0.15, 0.2) is 0 Å². The fourth-order valence-electron chi connectivity index (χ4n) is 1.04. The van der Waals surface area contributed by atoms with Gasteiger partial charge in [-0.1, -0.05) is 12.1 Å². The molecule has 14 heavy (non-hydrogen) atoms. The lowest BCUT2D eigenvalue weighted by molar-refractivity contribution is -0.0838. The molecule has 0 saturated heterocycles. The lowest BCUT2D eigenvalue weighted by Gasteiger charge is -2.15. The molecule has 78 valence electrons. The molecule has 5 heteroatoms. The van der Waals surface area contributed by atoms with E-state index in [2.05, 4.69) is 10.7 Å². The molecule has 0 fully saturated rings. The average Bonchev–Trinajstić information content (AvgIpc) is 2.18. The molecule has 0 aromatic heterocycles. The van der Waals surface area contributed by atoms with Gasteiger partial charge < -0.3 is 4.74 Å². The molecule has 0 aliphatic rings. The minimum Gasteiger partial charge on any atom is -0.497 e. The minimum atomic E-state index is -3.09. The molecule has 2 N–H and O–H groups in total. The van der Waals surface area contributed by atoms with Crippen LogP contribution in [0.2, 0.25) is 0 Å². The van der Waals surface area contributed by atoms with Crippen molar-refractivity contribution in [3.63, 3.8) is 0 Å². The van der Waals surface area contributed by atoms with Crippen molar-refractivity contribution < 1.29 is 18.4 Å². The first-order valence-electron chi connectivity index (χ1n) is 3.94. The standard InChI is InChI=1S/C9H11F2NO2/c1-13-8-4-2-3-7(5-8)9(10,11)6-14-12/h2-5H,6,12H2,1H3. The molecule has 0 heterocycles. The van der Waals surface area contributed by atoms with Crippen LogP contribution in [0.4, 0.5) is 8.78 Å². The van der Waals surface area contributed by atoms with E-state index in [4.69, 9.17) is 4.74 Å². The summed E-state index contributed by atoms with van der Waals surface area (Å²) in [7, 11) is 1.41. The van der Waals surface area contributed by atoms with Crippen molar-refractivity contribution >= 4 is 0 Å². The molecule has 0 radical (unpaired) electrons. The van der Waals surface area contributed by atoms with Crippen LogP contribution in [0.3, 0.4) is 0 Å². The number of nitrogens with two attached hydrogens (primary N) is 1. The molecule has 0 aliphatic carbocycles. The summed E-state index contributed by atoms with van der Waals surface area (Å²) >= 11 is 0. The number of ether oxygens (including phenoxy) is 1. The SMILES string of the molecule is COc1cccc(C(F)(F)CON)c1. The summed E-state index contributed by atoms with van der Waals surface area (Å²) in [6.45, 7) is -0.847. The Hall–Kier alpha value is -1.20. The number of benzene rings is 1. The molecule has 0 aliphatic heterocycles. The number of hydrogen-bond donors (Lipinski definition) is 1. The van der Waals surface area contributed by atoms with E-state index in [9.17, 15) is 8.78 Å². The predicted octanol–water partition coefficient (Wildman–Crippen LogP) is 1.68. The first-order valence-corrected chi connectivity index (χ1v) is 3.94. The summed E-state index contributed by atoms with van der Waals surface area (Å²) in [5, 5.41) is 0. The van der Waals surface area contributed by atoms with Crippen molar-refractivity contribution in [2.24, 2.45) is 5.90 Å². The lowest BCUT2D eigenvalue weighted by atomic mass is 10.1. The Morgan fingerprint density at radius 3 is 2.71 bits per heavy atom. The molecule has 0 spiro atoms. The zero-order valence-corrected chi connectivity index (χ0v) is 7.67. The van der Waals surface area contributed by atoms with Crippen LogP contribution < -0.4 is 10.6 Å². The monoisotopic (exact) mass is 203 g/mol. The molecule has 0 atom stereocenters. The van der Waals surface area contributed by atoms with Crippen molar-refractivity contribution in [1.82, 2.24) is 0 Å². The third-order valence-electron chi connectivity index (χ3n) is 1.76. The number of methoxy groups -OCH3 is 1. The average molecular weight is 203 g/mol. The Balaban J connectivity index is 2.93. The second kappa shape index (κ2) is 4.34. The predicted molar refractivity (Wildman–Crippen MR) is 47.0 cm³/mol. The summed E-state index contributed by atoms with van der Waals surface area (Å²) in [5.74, 6) is 1.89. The minimum absolute atomic E-state index is 0.178. The summed E-state index contributed by atoms with van der Waals surface area (Å²) < 4.78 is 31.2. The molecule has 0 amide bonds. The van der Waals surface area contributed by atoms with Crippen molar-refractivity contribution in [3.8, 4) is 5.75 Å². The van der Waals surface area contributed by atoms with Crippen LogP contribution in [0.15, 0.2) is 24.3 Å². The maximum absolute atomic E-state index is 13.2. The van der Waals surface area contributed by atoms with Gasteiger partial charge in [0.25, 0.3) is 5.92 Å². The Bertz CT molecular complexity index is 305. The van der Waals surface area contributed by atoms with Crippen LogP contribution in [0.25, 0.3) is 0 Å². The van der Waals surface area contributed by atoms with Gasteiger partial charge in [-0.25, -0.2) is 5.90 Å². The van der Waals surface area contributed by atoms with Crippen molar-refractivity contribution in [2.75, 3.05) is 13.7 Å². The number of halogens is 2. The number of rotatable bonds is 4. The van der Waals surface area contributed by atoms with Crippen molar-refractivity contribution in [1.29, 1.82) is 0 Å². The fraction of sp³-hybridized carbons (Fsp3) is 0.333. The van der Waals surface area contributed by atoms with E-state index in [1.807, 2.05) is 0 Å². The highest BCUT2D eigenvalue weighted by atomic mass is 19.3. The summed E-state index contributed by atoms with van der Waals surface area (Å²) in [5.41, 5.74) is -0.178. The zero-order valence-electron chi connectivity index (χ0n) is 7.67. The van der Waals surface area contributed by atoms with Crippen LogP contribution in [-0.2, 0) is 10.8 Å². The third-order valence-corrected chi connectivity index (χ3v) is 1.76. The van der Waals surface area contributed by atoms with Crippen molar-refractivity contribution in [3.05, 3.63) is 29.8 Å². The molecule has 1 aromatic carbocycles. The van der Waals surface area contributed by atoms with Gasteiger partial charge in [-0.15, -0.1) is 0 Å². The molecule has 1 aromatic rings. The van der Waals surface area contributed by atoms with Crippen LogP contribution in [0, 0.1) is 0 Å². The number of alkyl halides is 2. The van der Waals surface area contributed by atoms with Gasteiger partial charge in [-0.3, -0.25) is 4.84 Å². The van der Waals surface area contributed by atoms with Gasteiger partial charge in [0, 0.05) is 5.56 Å². The van der Waals surface area contributed by atoms with Gasteiger partial charge in [-0.2, -0.15) is 8.78 Å². The lowest BCUT2D eigenvalue weighted by Crippen LogP contribution is -2.23. The van der Waals surface area contributed by atoms with E-state index in [1.54, 1.807) is 6.07 Å². The van der Waals surface area contributed by atoms with E-state index in [1.165, 1.54) is 25.3 Å². The highest BCUT2D eigenvalue weighted by Crippen LogP contribution is 2.29. The van der Waals surface area contributed by atoms with E-state index in [0.717, 1.165) is 0 Å². The van der Waals surface area contributed by atoms with Crippen LogP contribution >= 0.6 is 0 Å². The van der Waals surface area contributed by atoms with Gasteiger partial charge in [0.05, 0.1) is 7.11 Å². The van der Waals surface area contributed by atoms with E-state index >= 15 is 0 Å². The van der Waals surface area contributed by atoms with Gasteiger partial charge >= 0.3 is 0 Å². The first-order chi connectivity index (χ1) is 6.60. The molecule has 3 nitrogen and oxygen atoms in total.